The molecule has 0 amide bonds. The predicted molar refractivity (Wildman–Crippen MR) is 82.5 cm³/mol. The average molecular weight is 338 g/mol. The molecule has 0 aliphatic carbocycles. The minimum absolute atomic E-state index is 0.275. The van der Waals surface area contributed by atoms with E-state index in [0.29, 0.717) is 6.61 Å². The molecule has 0 aliphatic heterocycles. The third-order valence-corrected chi connectivity index (χ3v) is 3.52. The summed E-state index contributed by atoms with van der Waals surface area (Å²) in [6.07, 6.45) is 0. The lowest BCUT2D eigenvalue weighted by atomic mass is 9.97. The zero-order valence-electron chi connectivity index (χ0n) is 11.5. The number of nitrogens with two attached hydrogens (primary N) is 1. The van der Waals surface area contributed by atoms with Crippen LogP contribution in [0.2, 0.25) is 0 Å². The van der Waals surface area contributed by atoms with Gasteiger partial charge in [0.25, 0.3) is 0 Å². The van der Waals surface area contributed by atoms with Crippen molar-refractivity contribution in [3.05, 3.63) is 63.4 Å². The highest BCUT2D eigenvalue weighted by atomic mass is 79.9. The van der Waals surface area contributed by atoms with Crippen molar-refractivity contribution in [3.8, 4) is 5.75 Å². The summed E-state index contributed by atoms with van der Waals surface area (Å²) < 4.78 is 20.1. The number of rotatable bonds is 4. The monoisotopic (exact) mass is 337 g/mol. The zero-order valence-corrected chi connectivity index (χ0v) is 13.1. The van der Waals surface area contributed by atoms with Gasteiger partial charge in [0.1, 0.15) is 11.6 Å². The van der Waals surface area contributed by atoms with E-state index >= 15 is 0 Å². The molecule has 0 radical (unpaired) electrons. The van der Waals surface area contributed by atoms with Crippen LogP contribution < -0.4 is 10.5 Å². The molecule has 0 bridgehead atoms. The molecular weight excluding hydrogens is 321 g/mol. The molecule has 0 heterocycles. The summed E-state index contributed by atoms with van der Waals surface area (Å²) in [4.78, 5) is 0. The summed E-state index contributed by atoms with van der Waals surface area (Å²) in [5.41, 5.74) is 8.71. The number of aryl methyl sites for hydroxylation is 1. The van der Waals surface area contributed by atoms with E-state index in [0.717, 1.165) is 26.9 Å². The molecule has 106 valence electrons. The molecule has 2 N–H and O–H groups in total. The molecule has 0 aromatic heterocycles. The second-order valence-electron chi connectivity index (χ2n) is 4.65. The van der Waals surface area contributed by atoms with E-state index in [9.17, 15) is 4.39 Å². The van der Waals surface area contributed by atoms with Crippen LogP contribution in [0, 0.1) is 12.7 Å². The van der Waals surface area contributed by atoms with E-state index < -0.39 is 6.04 Å². The Labute approximate surface area is 126 Å². The molecule has 1 atom stereocenters. The smallest absolute Gasteiger partial charge is 0.124 e. The predicted octanol–water partition coefficient (Wildman–Crippen LogP) is 4.34. The highest BCUT2D eigenvalue weighted by molar-refractivity contribution is 9.10. The third-order valence-electron chi connectivity index (χ3n) is 3.03. The van der Waals surface area contributed by atoms with E-state index in [2.05, 4.69) is 15.9 Å². The number of hydrogen-bond donors (Lipinski definition) is 1. The number of hydrogen-bond acceptors (Lipinski definition) is 2. The molecule has 1 unspecified atom stereocenters. The molecule has 4 heteroatoms. The summed E-state index contributed by atoms with van der Waals surface area (Å²) in [6.45, 7) is 4.33. The summed E-state index contributed by atoms with van der Waals surface area (Å²) in [5.74, 6) is 0.452. The first-order valence-electron chi connectivity index (χ1n) is 6.46. The Bertz CT molecular complexity index is 595. The van der Waals surface area contributed by atoms with Gasteiger partial charge in [0, 0.05) is 10.0 Å². The standard InChI is InChI=1S/C16H17BrFNO/c1-3-20-15-5-4-12(17)9-14(15)16(19)11-6-10(2)7-13(18)8-11/h4-9,16H,3,19H2,1-2H3. The van der Waals surface area contributed by atoms with Crippen LogP contribution in [0.25, 0.3) is 0 Å². The van der Waals surface area contributed by atoms with Crippen molar-refractivity contribution >= 4 is 15.9 Å². The zero-order chi connectivity index (χ0) is 14.7. The van der Waals surface area contributed by atoms with Gasteiger partial charge in [-0.2, -0.15) is 0 Å². The first-order chi connectivity index (χ1) is 9.51. The minimum atomic E-state index is -0.427. The van der Waals surface area contributed by atoms with Crippen LogP contribution in [0.15, 0.2) is 40.9 Å². The van der Waals surface area contributed by atoms with E-state index in [1.54, 1.807) is 0 Å². The summed E-state index contributed by atoms with van der Waals surface area (Å²) >= 11 is 3.43. The van der Waals surface area contributed by atoms with E-state index in [1.807, 2.05) is 38.1 Å². The lowest BCUT2D eigenvalue weighted by Gasteiger charge is -2.18. The largest absolute Gasteiger partial charge is 0.494 e. The van der Waals surface area contributed by atoms with Crippen LogP contribution in [0.3, 0.4) is 0 Å². The number of ether oxygens (including phenoxy) is 1. The Kier molecular flexibility index (Phi) is 4.78. The lowest BCUT2D eigenvalue weighted by molar-refractivity contribution is 0.335. The van der Waals surface area contributed by atoms with Gasteiger partial charge in [-0.1, -0.05) is 22.0 Å². The Morgan fingerprint density at radius 1 is 1.25 bits per heavy atom. The fourth-order valence-electron chi connectivity index (χ4n) is 2.17. The Balaban J connectivity index is 2.46. The summed E-state index contributed by atoms with van der Waals surface area (Å²) in [5, 5.41) is 0. The Morgan fingerprint density at radius 2 is 2.00 bits per heavy atom. The quantitative estimate of drug-likeness (QED) is 0.900. The van der Waals surface area contributed by atoms with Crippen LogP contribution >= 0.6 is 15.9 Å². The fraction of sp³-hybridized carbons (Fsp3) is 0.250. The molecule has 0 saturated carbocycles. The summed E-state index contributed by atoms with van der Waals surface area (Å²) in [7, 11) is 0. The molecular formula is C16H17BrFNO. The van der Waals surface area contributed by atoms with Crippen LogP contribution in [0.4, 0.5) is 4.39 Å². The van der Waals surface area contributed by atoms with Gasteiger partial charge in [-0.05, 0) is 55.3 Å². The van der Waals surface area contributed by atoms with Gasteiger partial charge in [0.2, 0.25) is 0 Å². The van der Waals surface area contributed by atoms with Crippen molar-refractivity contribution in [2.75, 3.05) is 6.61 Å². The molecule has 0 saturated heterocycles. The van der Waals surface area contributed by atoms with Gasteiger partial charge in [-0.25, -0.2) is 4.39 Å². The van der Waals surface area contributed by atoms with E-state index in [-0.39, 0.29) is 5.82 Å². The minimum Gasteiger partial charge on any atom is -0.494 e. The molecule has 2 rings (SSSR count). The Morgan fingerprint density at radius 3 is 2.65 bits per heavy atom. The maximum absolute atomic E-state index is 13.5. The van der Waals surface area contributed by atoms with Gasteiger partial charge in [0.05, 0.1) is 12.6 Å². The highest BCUT2D eigenvalue weighted by Gasteiger charge is 2.16. The highest BCUT2D eigenvalue weighted by Crippen LogP contribution is 2.31. The summed E-state index contributed by atoms with van der Waals surface area (Å²) in [6, 6.07) is 10.1. The fourth-order valence-corrected chi connectivity index (χ4v) is 2.55. The number of benzene rings is 2. The molecule has 0 spiro atoms. The second kappa shape index (κ2) is 6.37. The number of halogens is 2. The maximum Gasteiger partial charge on any atom is 0.124 e. The molecule has 20 heavy (non-hydrogen) atoms. The first-order valence-corrected chi connectivity index (χ1v) is 7.25. The molecule has 2 aromatic carbocycles. The van der Waals surface area contributed by atoms with E-state index in [4.69, 9.17) is 10.5 Å². The van der Waals surface area contributed by atoms with Crippen LogP contribution in [0.5, 0.6) is 5.75 Å². The van der Waals surface area contributed by atoms with Crippen molar-refractivity contribution < 1.29 is 9.13 Å². The van der Waals surface area contributed by atoms with Gasteiger partial charge in [-0.15, -0.1) is 0 Å². The van der Waals surface area contributed by atoms with Crippen LogP contribution in [-0.2, 0) is 0 Å². The average Bonchev–Trinajstić information content (AvgIpc) is 2.39. The van der Waals surface area contributed by atoms with Crippen LogP contribution in [-0.4, -0.2) is 6.61 Å². The van der Waals surface area contributed by atoms with Gasteiger partial charge in [0.15, 0.2) is 0 Å². The molecule has 2 nitrogen and oxygen atoms in total. The van der Waals surface area contributed by atoms with Crippen molar-refractivity contribution in [3.63, 3.8) is 0 Å². The van der Waals surface area contributed by atoms with E-state index in [1.165, 1.54) is 12.1 Å². The third kappa shape index (κ3) is 3.38. The van der Waals surface area contributed by atoms with Crippen LogP contribution in [0.1, 0.15) is 29.7 Å². The SMILES string of the molecule is CCOc1ccc(Br)cc1C(N)c1cc(C)cc(F)c1. The molecule has 2 aromatic rings. The van der Waals surface area contributed by atoms with Gasteiger partial charge < -0.3 is 10.5 Å². The molecule has 0 fully saturated rings. The van der Waals surface area contributed by atoms with Gasteiger partial charge in [-0.3, -0.25) is 0 Å². The Hall–Kier alpha value is -1.39. The molecule has 0 aliphatic rings. The lowest BCUT2D eigenvalue weighted by Crippen LogP contribution is -2.14. The first kappa shape index (κ1) is 15.0. The van der Waals surface area contributed by atoms with Crippen molar-refractivity contribution in [1.29, 1.82) is 0 Å². The van der Waals surface area contributed by atoms with Gasteiger partial charge >= 0.3 is 0 Å². The normalized spacial score (nSPS) is 12.2. The maximum atomic E-state index is 13.5. The van der Waals surface area contributed by atoms with Crippen molar-refractivity contribution in [2.45, 2.75) is 19.9 Å². The second-order valence-corrected chi connectivity index (χ2v) is 5.57. The van der Waals surface area contributed by atoms with Crippen molar-refractivity contribution in [1.82, 2.24) is 0 Å². The van der Waals surface area contributed by atoms with Crippen molar-refractivity contribution in [2.24, 2.45) is 5.73 Å². The topological polar surface area (TPSA) is 35.2 Å².